The SMILES string of the molecule is Cn1ccnc1SCC1CC(c2ccc(CO)cc2)OC(c2ccc(CNC(=O)CCCC(=O)Nc3ccccc3N)cc2)O1. The summed E-state index contributed by atoms with van der Waals surface area (Å²) in [7, 11) is 1.97. The predicted molar refractivity (Wildman–Crippen MR) is 174 cm³/mol. The van der Waals surface area contributed by atoms with Crippen LogP contribution in [-0.4, -0.2) is 38.3 Å². The lowest BCUT2D eigenvalue weighted by Crippen LogP contribution is -2.31. The third-order valence-corrected chi connectivity index (χ3v) is 8.76. The zero-order valence-electron chi connectivity index (χ0n) is 25.2. The maximum Gasteiger partial charge on any atom is 0.224 e. The molecule has 1 aromatic heterocycles. The largest absolute Gasteiger partial charge is 0.397 e. The number of amides is 2. The number of aliphatic hydroxyl groups excluding tert-OH is 1. The molecule has 0 aliphatic carbocycles. The van der Waals surface area contributed by atoms with Crippen molar-refractivity contribution in [2.24, 2.45) is 7.05 Å². The summed E-state index contributed by atoms with van der Waals surface area (Å²) in [5.41, 5.74) is 10.7. The van der Waals surface area contributed by atoms with Crippen LogP contribution in [0.5, 0.6) is 0 Å². The number of para-hydroxylation sites is 2. The van der Waals surface area contributed by atoms with Crippen molar-refractivity contribution < 1.29 is 24.2 Å². The monoisotopic (exact) mass is 629 g/mol. The number of nitrogens with two attached hydrogens (primary N) is 1. The minimum absolute atomic E-state index is 0.00485. The van der Waals surface area contributed by atoms with E-state index in [1.165, 1.54) is 0 Å². The van der Waals surface area contributed by atoms with Crippen LogP contribution in [0, 0.1) is 0 Å². The van der Waals surface area contributed by atoms with Crippen molar-refractivity contribution in [3.8, 4) is 0 Å². The van der Waals surface area contributed by atoms with Crippen LogP contribution in [0.3, 0.4) is 0 Å². The summed E-state index contributed by atoms with van der Waals surface area (Å²) in [5, 5.41) is 16.1. The van der Waals surface area contributed by atoms with E-state index in [2.05, 4.69) is 15.6 Å². The van der Waals surface area contributed by atoms with Crippen LogP contribution in [0.2, 0.25) is 0 Å². The first kappa shape index (κ1) is 32.2. The number of imidazole rings is 1. The molecule has 1 aliphatic heterocycles. The highest BCUT2D eigenvalue weighted by Gasteiger charge is 2.32. The second-order valence-electron chi connectivity index (χ2n) is 11.0. The van der Waals surface area contributed by atoms with Crippen LogP contribution in [0.1, 0.15) is 60.3 Å². The number of thioether (sulfide) groups is 1. The van der Waals surface area contributed by atoms with E-state index in [1.807, 2.05) is 66.3 Å². The Hall–Kier alpha value is -4.16. The van der Waals surface area contributed by atoms with Gasteiger partial charge in [0.1, 0.15) is 0 Å². The molecular weight excluding hydrogens is 590 g/mol. The van der Waals surface area contributed by atoms with Crippen LogP contribution in [0.4, 0.5) is 11.4 Å². The summed E-state index contributed by atoms with van der Waals surface area (Å²) in [5.74, 6) is 0.431. The molecule has 4 aromatic rings. The smallest absolute Gasteiger partial charge is 0.224 e. The molecule has 11 heteroatoms. The second-order valence-corrected chi connectivity index (χ2v) is 12.0. The topological polar surface area (TPSA) is 141 Å². The van der Waals surface area contributed by atoms with Crippen molar-refractivity contribution >= 4 is 35.0 Å². The normalized spacial score (nSPS) is 18.0. The quantitative estimate of drug-likeness (QED) is 0.116. The Balaban J connectivity index is 1.13. The summed E-state index contributed by atoms with van der Waals surface area (Å²) in [6.07, 6.45) is 4.51. The van der Waals surface area contributed by atoms with Gasteiger partial charge in [-0.3, -0.25) is 9.59 Å². The van der Waals surface area contributed by atoms with Gasteiger partial charge in [0, 0.05) is 56.6 Å². The van der Waals surface area contributed by atoms with Gasteiger partial charge in [0.2, 0.25) is 11.8 Å². The summed E-state index contributed by atoms with van der Waals surface area (Å²) >= 11 is 1.65. The molecule has 0 bridgehead atoms. The van der Waals surface area contributed by atoms with Gasteiger partial charge in [0.05, 0.1) is 30.2 Å². The van der Waals surface area contributed by atoms with Crippen molar-refractivity contribution in [3.05, 3.63) is 107 Å². The van der Waals surface area contributed by atoms with Gasteiger partial charge in [-0.1, -0.05) is 72.4 Å². The van der Waals surface area contributed by atoms with Gasteiger partial charge in [-0.25, -0.2) is 4.98 Å². The molecule has 45 heavy (non-hydrogen) atoms. The number of rotatable bonds is 13. The molecule has 2 amide bonds. The standard InChI is InChI=1S/C34H39N5O5S/c1-39-18-17-36-34(39)45-22-27-19-30(25-13-11-24(21-40)12-14-25)44-33(43-27)26-15-9-23(10-16-26)20-37-31(41)7-4-8-32(42)38-29-6-3-2-5-28(29)35/h2-3,5-6,9-18,27,30,33,40H,4,7-8,19-22,35H2,1H3,(H,37,41)(H,38,42). The minimum atomic E-state index is -0.561. The van der Waals surface area contributed by atoms with Gasteiger partial charge in [0.25, 0.3) is 0 Å². The molecule has 3 atom stereocenters. The number of aryl methyl sites for hydroxylation is 1. The number of aliphatic hydroxyl groups is 1. The number of anilines is 2. The Labute approximate surface area is 267 Å². The van der Waals surface area contributed by atoms with Crippen LogP contribution in [0.15, 0.2) is 90.3 Å². The van der Waals surface area contributed by atoms with Gasteiger partial charge >= 0.3 is 0 Å². The first-order valence-electron chi connectivity index (χ1n) is 15.0. The average molecular weight is 630 g/mol. The van der Waals surface area contributed by atoms with Gasteiger partial charge in [-0.2, -0.15) is 0 Å². The van der Waals surface area contributed by atoms with Crippen LogP contribution < -0.4 is 16.4 Å². The van der Waals surface area contributed by atoms with Crippen molar-refractivity contribution in [1.29, 1.82) is 0 Å². The number of carbonyl (C=O) groups excluding carboxylic acids is 2. The lowest BCUT2D eigenvalue weighted by molar-refractivity contribution is -0.245. The number of hydrogen-bond donors (Lipinski definition) is 4. The lowest BCUT2D eigenvalue weighted by Gasteiger charge is -2.36. The van der Waals surface area contributed by atoms with Crippen LogP contribution in [0.25, 0.3) is 0 Å². The number of carbonyl (C=O) groups is 2. The number of aromatic nitrogens is 2. The zero-order chi connectivity index (χ0) is 31.6. The van der Waals surface area contributed by atoms with Gasteiger partial charge in [-0.05, 0) is 35.2 Å². The lowest BCUT2D eigenvalue weighted by atomic mass is 10.0. The van der Waals surface area contributed by atoms with E-state index in [4.69, 9.17) is 15.2 Å². The Morgan fingerprint density at radius 3 is 2.40 bits per heavy atom. The van der Waals surface area contributed by atoms with Crippen molar-refractivity contribution in [2.45, 2.75) is 62.5 Å². The zero-order valence-corrected chi connectivity index (χ0v) is 26.0. The molecule has 1 aliphatic rings. The molecule has 1 saturated heterocycles. The van der Waals surface area contributed by atoms with Gasteiger partial charge in [-0.15, -0.1) is 0 Å². The molecule has 236 valence electrons. The molecule has 0 saturated carbocycles. The van der Waals surface area contributed by atoms with E-state index in [-0.39, 0.29) is 43.5 Å². The molecule has 5 rings (SSSR count). The molecule has 1 fully saturated rings. The van der Waals surface area contributed by atoms with Crippen LogP contribution >= 0.6 is 11.8 Å². The fourth-order valence-corrected chi connectivity index (χ4v) is 5.95. The van der Waals surface area contributed by atoms with E-state index in [1.54, 1.807) is 42.2 Å². The Kier molecular flexibility index (Phi) is 11.3. The molecular formula is C34H39N5O5S. The minimum Gasteiger partial charge on any atom is -0.397 e. The molecule has 0 spiro atoms. The van der Waals surface area contributed by atoms with E-state index in [9.17, 15) is 14.7 Å². The summed E-state index contributed by atoms with van der Waals surface area (Å²) in [4.78, 5) is 29.0. The predicted octanol–water partition coefficient (Wildman–Crippen LogP) is 5.26. The molecule has 3 aromatic carbocycles. The average Bonchev–Trinajstić information content (AvgIpc) is 3.48. The van der Waals surface area contributed by atoms with Crippen molar-refractivity contribution in [1.82, 2.24) is 14.9 Å². The highest BCUT2D eigenvalue weighted by molar-refractivity contribution is 7.99. The van der Waals surface area contributed by atoms with Gasteiger partial charge < -0.3 is 35.5 Å². The summed E-state index contributed by atoms with van der Waals surface area (Å²) < 4.78 is 14.9. The molecule has 5 N–H and O–H groups in total. The molecule has 0 radical (unpaired) electrons. The van der Waals surface area contributed by atoms with Crippen molar-refractivity contribution in [3.63, 3.8) is 0 Å². The maximum absolute atomic E-state index is 12.4. The number of benzene rings is 3. The van der Waals surface area contributed by atoms with E-state index >= 15 is 0 Å². The van der Waals surface area contributed by atoms with Crippen molar-refractivity contribution in [2.75, 3.05) is 16.8 Å². The fraction of sp³-hybridized carbons (Fsp3) is 0.324. The van der Waals surface area contributed by atoms with E-state index in [0.29, 0.717) is 30.8 Å². The molecule has 3 unspecified atom stereocenters. The summed E-state index contributed by atoms with van der Waals surface area (Å²) in [6, 6.07) is 22.7. The van der Waals surface area contributed by atoms with Crippen LogP contribution in [-0.2, 0) is 39.3 Å². The first-order chi connectivity index (χ1) is 21.9. The number of nitrogens with one attached hydrogen (secondary N) is 2. The summed E-state index contributed by atoms with van der Waals surface area (Å²) in [6.45, 7) is 0.371. The Morgan fingerprint density at radius 1 is 0.978 bits per heavy atom. The molecule has 10 nitrogen and oxygen atoms in total. The highest BCUT2D eigenvalue weighted by Crippen LogP contribution is 2.39. The van der Waals surface area contributed by atoms with E-state index < -0.39 is 6.29 Å². The third kappa shape index (κ3) is 9.18. The first-order valence-corrected chi connectivity index (χ1v) is 16.0. The number of ether oxygens (including phenoxy) is 2. The number of hydrogen-bond acceptors (Lipinski definition) is 8. The fourth-order valence-electron chi connectivity index (χ4n) is 5.00. The van der Waals surface area contributed by atoms with Gasteiger partial charge in [0.15, 0.2) is 11.4 Å². The Morgan fingerprint density at radius 2 is 1.69 bits per heavy atom. The second kappa shape index (κ2) is 15.7. The number of nitrogen functional groups attached to an aromatic ring is 1. The molecule has 2 heterocycles. The Bertz CT molecular complexity index is 1560. The highest BCUT2D eigenvalue weighted by atomic mass is 32.2. The number of nitrogens with zero attached hydrogens (tertiary/aromatic N) is 2. The van der Waals surface area contributed by atoms with E-state index in [0.717, 1.165) is 33.2 Å². The maximum atomic E-state index is 12.4. The third-order valence-electron chi connectivity index (χ3n) is 7.57.